The summed E-state index contributed by atoms with van der Waals surface area (Å²) < 4.78 is 4.92. The average Bonchev–Trinajstić information content (AvgIpc) is 2.74. The predicted molar refractivity (Wildman–Crippen MR) is 52.9 cm³/mol. The molecule has 2 N–H and O–H groups in total. The average molecular weight is 205 g/mol. The molecule has 0 amide bonds. The van der Waals surface area contributed by atoms with E-state index >= 15 is 0 Å². The lowest BCUT2D eigenvalue weighted by Gasteiger charge is -2.01. The summed E-state index contributed by atoms with van der Waals surface area (Å²) in [4.78, 5) is 4.04. The first kappa shape index (κ1) is 9.67. The van der Waals surface area contributed by atoms with E-state index in [0.29, 0.717) is 13.1 Å². The van der Waals surface area contributed by atoms with Gasteiger partial charge in [-0.25, -0.2) is 0 Å². The van der Waals surface area contributed by atoms with Crippen molar-refractivity contribution in [1.29, 1.82) is 0 Å². The SMILES string of the molecule is Oc1ccc(CNCc2ccno2)nc1. The Bertz CT molecular complexity index is 397. The summed E-state index contributed by atoms with van der Waals surface area (Å²) in [5.41, 5.74) is 0.868. The van der Waals surface area contributed by atoms with Crippen LogP contribution < -0.4 is 5.32 Å². The molecule has 0 saturated carbocycles. The highest BCUT2D eigenvalue weighted by Gasteiger charge is 1.97. The summed E-state index contributed by atoms with van der Waals surface area (Å²) in [5, 5.41) is 15.8. The number of pyridine rings is 1. The molecule has 0 aromatic carbocycles. The monoisotopic (exact) mass is 205 g/mol. The second-order valence-corrected chi connectivity index (χ2v) is 3.09. The number of hydrogen-bond donors (Lipinski definition) is 2. The first-order valence-electron chi connectivity index (χ1n) is 4.59. The topological polar surface area (TPSA) is 71.2 Å². The summed E-state index contributed by atoms with van der Waals surface area (Å²) in [6.07, 6.45) is 3.03. The van der Waals surface area contributed by atoms with Crippen molar-refractivity contribution >= 4 is 0 Å². The Hall–Kier alpha value is -1.88. The molecule has 0 spiro atoms. The highest BCUT2D eigenvalue weighted by molar-refractivity contribution is 5.17. The Morgan fingerprint density at radius 1 is 1.27 bits per heavy atom. The largest absolute Gasteiger partial charge is 0.506 e. The molecule has 0 saturated heterocycles. The van der Waals surface area contributed by atoms with Gasteiger partial charge in [-0.15, -0.1) is 0 Å². The molecule has 78 valence electrons. The second-order valence-electron chi connectivity index (χ2n) is 3.09. The van der Waals surface area contributed by atoms with Crippen LogP contribution in [-0.4, -0.2) is 15.2 Å². The van der Waals surface area contributed by atoms with Crippen LogP contribution in [0.1, 0.15) is 11.5 Å². The molecule has 5 nitrogen and oxygen atoms in total. The van der Waals surface area contributed by atoms with E-state index in [1.54, 1.807) is 24.4 Å². The van der Waals surface area contributed by atoms with Crippen LogP contribution in [0.5, 0.6) is 5.75 Å². The molecule has 0 fully saturated rings. The Labute approximate surface area is 86.7 Å². The van der Waals surface area contributed by atoms with Crippen LogP contribution in [-0.2, 0) is 13.1 Å². The molecule has 2 aromatic heterocycles. The minimum absolute atomic E-state index is 0.175. The van der Waals surface area contributed by atoms with Crippen molar-refractivity contribution in [3.8, 4) is 5.75 Å². The van der Waals surface area contributed by atoms with Crippen molar-refractivity contribution in [2.24, 2.45) is 0 Å². The Morgan fingerprint density at radius 2 is 2.20 bits per heavy atom. The molecule has 0 aliphatic rings. The fraction of sp³-hybridized carbons (Fsp3) is 0.200. The highest BCUT2D eigenvalue weighted by atomic mass is 16.5. The number of aromatic hydroxyl groups is 1. The lowest BCUT2D eigenvalue weighted by Crippen LogP contribution is -2.12. The molecule has 0 atom stereocenters. The third-order valence-corrected chi connectivity index (χ3v) is 1.91. The van der Waals surface area contributed by atoms with Gasteiger partial charge in [0.2, 0.25) is 0 Å². The molecule has 0 unspecified atom stereocenters. The maximum Gasteiger partial charge on any atom is 0.150 e. The van der Waals surface area contributed by atoms with Crippen molar-refractivity contribution in [2.45, 2.75) is 13.1 Å². The number of nitrogens with one attached hydrogen (secondary N) is 1. The van der Waals surface area contributed by atoms with Gasteiger partial charge < -0.3 is 14.9 Å². The maximum absolute atomic E-state index is 9.03. The van der Waals surface area contributed by atoms with E-state index in [2.05, 4.69) is 15.5 Å². The molecule has 2 heterocycles. The van der Waals surface area contributed by atoms with Gasteiger partial charge in [-0.1, -0.05) is 5.16 Å². The Balaban J connectivity index is 1.81. The van der Waals surface area contributed by atoms with E-state index < -0.39 is 0 Å². The lowest BCUT2D eigenvalue weighted by molar-refractivity contribution is 0.372. The highest BCUT2D eigenvalue weighted by Crippen LogP contribution is 2.05. The quantitative estimate of drug-likeness (QED) is 0.781. The van der Waals surface area contributed by atoms with Crippen LogP contribution in [0, 0.1) is 0 Å². The smallest absolute Gasteiger partial charge is 0.150 e. The van der Waals surface area contributed by atoms with Crippen LogP contribution in [0.25, 0.3) is 0 Å². The molecule has 0 radical (unpaired) electrons. The second kappa shape index (κ2) is 4.56. The fourth-order valence-corrected chi connectivity index (χ4v) is 1.17. The molecule has 2 rings (SSSR count). The number of nitrogens with zero attached hydrogens (tertiary/aromatic N) is 2. The molecule has 15 heavy (non-hydrogen) atoms. The van der Waals surface area contributed by atoms with E-state index in [0.717, 1.165) is 11.5 Å². The molecule has 5 heteroatoms. The Kier molecular flexibility index (Phi) is 2.94. The van der Waals surface area contributed by atoms with Crippen molar-refractivity contribution in [1.82, 2.24) is 15.5 Å². The van der Waals surface area contributed by atoms with Crippen molar-refractivity contribution in [3.63, 3.8) is 0 Å². The number of hydrogen-bond acceptors (Lipinski definition) is 5. The zero-order chi connectivity index (χ0) is 10.5. The third kappa shape index (κ3) is 2.78. The molecular weight excluding hydrogens is 194 g/mol. The van der Waals surface area contributed by atoms with Crippen molar-refractivity contribution in [3.05, 3.63) is 42.0 Å². The molecule has 0 bridgehead atoms. The number of aromatic nitrogens is 2. The van der Waals surface area contributed by atoms with Gasteiger partial charge in [-0.3, -0.25) is 4.98 Å². The molecular formula is C10H11N3O2. The molecule has 2 aromatic rings. The lowest BCUT2D eigenvalue weighted by atomic mass is 10.3. The van der Waals surface area contributed by atoms with Gasteiger partial charge in [0.05, 0.1) is 24.6 Å². The minimum Gasteiger partial charge on any atom is -0.506 e. The van der Waals surface area contributed by atoms with E-state index in [1.165, 1.54) is 6.20 Å². The maximum atomic E-state index is 9.03. The van der Waals surface area contributed by atoms with Crippen LogP contribution in [0.2, 0.25) is 0 Å². The third-order valence-electron chi connectivity index (χ3n) is 1.91. The van der Waals surface area contributed by atoms with Crippen molar-refractivity contribution in [2.75, 3.05) is 0 Å². The first-order chi connectivity index (χ1) is 7.34. The summed E-state index contributed by atoms with van der Waals surface area (Å²) in [7, 11) is 0. The van der Waals surface area contributed by atoms with E-state index in [9.17, 15) is 0 Å². The van der Waals surface area contributed by atoms with Gasteiger partial charge in [-0.2, -0.15) is 0 Å². The fourth-order valence-electron chi connectivity index (χ4n) is 1.17. The van der Waals surface area contributed by atoms with Gasteiger partial charge in [0.25, 0.3) is 0 Å². The Morgan fingerprint density at radius 3 is 2.87 bits per heavy atom. The minimum atomic E-state index is 0.175. The summed E-state index contributed by atoms with van der Waals surface area (Å²) in [6, 6.07) is 5.18. The van der Waals surface area contributed by atoms with Gasteiger partial charge in [0, 0.05) is 12.6 Å². The standard InChI is InChI=1S/C10H11N3O2/c14-9-2-1-8(12-6-9)5-11-7-10-3-4-13-15-10/h1-4,6,11,14H,5,7H2. The van der Waals surface area contributed by atoms with Gasteiger partial charge in [-0.05, 0) is 12.1 Å². The van der Waals surface area contributed by atoms with E-state index in [1.807, 2.05) is 0 Å². The van der Waals surface area contributed by atoms with Gasteiger partial charge >= 0.3 is 0 Å². The van der Waals surface area contributed by atoms with Gasteiger partial charge in [0.15, 0.2) is 0 Å². The van der Waals surface area contributed by atoms with Crippen LogP contribution in [0.3, 0.4) is 0 Å². The van der Waals surface area contributed by atoms with Crippen molar-refractivity contribution < 1.29 is 9.63 Å². The number of rotatable bonds is 4. The molecule has 0 aliphatic heterocycles. The zero-order valence-electron chi connectivity index (χ0n) is 8.05. The molecule has 0 aliphatic carbocycles. The predicted octanol–water partition coefficient (Wildman–Crippen LogP) is 1.06. The summed E-state index contributed by atoms with van der Waals surface area (Å²) in [6.45, 7) is 1.24. The first-order valence-corrected chi connectivity index (χ1v) is 4.59. The van der Waals surface area contributed by atoms with E-state index in [-0.39, 0.29) is 5.75 Å². The van der Waals surface area contributed by atoms with Gasteiger partial charge in [0.1, 0.15) is 11.5 Å². The summed E-state index contributed by atoms with van der Waals surface area (Å²) in [5.74, 6) is 0.961. The summed E-state index contributed by atoms with van der Waals surface area (Å²) >= 11 is 0. The normalized spacial score (nSPS) is 10.4. The van der Waals surface area contributed by atoms with Crippen LogP contribution in [0.15, 0.2) is 35.1 Å². The van der Waals surface area contributed by atoms with Crippen LogP contribution >= 0.6 is 0 Å². The van der Waals surface area contributed by atoms with Crippen LogP contribution in [0.4, 0.5) is 0 Å². The van der Waals surface area contributed by atoms with E-state index in [4.69, 9.17) is 9.63 Å². The zero-order valence-corrected chi connectivity index (χ0v) is 8.05.